The molecule has 0 heterocycles. The quantitative estimate of drug-likeness (QED) is 0.641. The smallest absolute Gasteiger partial charge is 0.329 e. The molecule has 0 aliphatic rings. The molecule has 7 heteroatoms. The number of benzene rings is 1. The number of aliphatic carboxylic acids is 1. The molecular weight excluding hydrogens is 476 g/mol. The molecule has 0 saturated carbocycles. The van der Waals surface area contributed by atoms with Crippen LogP contribution >= 0.6 is 45.2 Å². The second-order valence-electron chi connectivity index (χ2n) is 4.51. The first kappa shape index (κ1) is 16.5. The molecule has 0 unspecified atom stereocenters. The number of carboxylic acids is 1. The molecular formula is C12H13I2NO4. The van der Waals surface area contributed by atoms with Gasteiger partial charge in [0.2, 0.25) is 0 Å². The highest BCUT2D eigenvalue weighted by molar-refractivity contribution is 14.1. The van der Waals surface area contributed by atoms with E-state index in [0.29, 0.717) is 3.57 Å². The summed E-state index contributed by atoms with van der Waals surface area (Å²) in [6.45, 7) is 2.87. The summed E-state index contributed by atoms with van der Waals surface area (Å²) in [5.41, 5.74) is -1.25. The number of rotatable bonds is 3. The average molecular weight is 489 g/mol. The number of phenolic OH excluding ortho intramolecular Hbond substituents is 1. The summed E-state index contributed by atoms with van der Waals surface area (Å²) in [6.07, 6.45) is 0. The van der Waals surface area contributed by atoms with Crippen LogP contribution in [-0.4, -0.2) is 39.6 Å². The molecule has 1 aromatic rings. The molecule has 0 saturated heterocycles. The van der Waals surface area contributed by atoms with Crippen molar-refractivity contribution in [2.24, 2.45) is 0 Å². The largest absolute Gasteiger partial charge is 0.506 e. The van der Waals surface area contributed by atoms with Crippen LogP contribution in [0.15, 0.2) is 12.1 Å². The van der Waals surface area contributed by atoms with E-state index in [0.717, 1.165) is 8.47 Å². The first-order valence-electron chi connectivity index (χ1n) is 5.28. The lowest BCUT2D eigenvalue weighted by molar-refractivity contribution is -0.147. The first-order valence-corrected chi connectivity index (χ1v) is 7.44. The Bertz CT molecular complexity index is 543. The fourth-order valence-electron chi connectivity index (χ4n) is 1.31. The van der Waals surface area contributed by atoms with Crippen molar-refractivity contribution in [2.75, 3.05) is 7.05 Å². The highest BCUT2D eigenvalue weighted by atomic mass is 127. The zero-order chi connectivity index (χ0) is 15.0. The summed E-state index contributed by atoms with van der Waals surface area (Å²) >= 11 is 3.96. The monoisotopic (exact) mass is 489 g/mol. The van der Waals surface area contributed by atoms with Crippen molar-refractivity contribution in [3.63, 3.8) is 0 Å². The molecule has 0 spiro atoms. The van der Waals surface area contributed by atoms with Crippen molar-refractivity contribution < 1.29 is 19.8 Å². The minimum absolute atomic E-state index is 0.105. The third-order valence-corrected chi connectivity index (χ3v) is 4.37. The van der Waals surface area contributed by atoms with E-state index in [9.17, 15) is 14.7 Å². The SMILES string of the molecule is CN(C(=O)c1cc(I)cc(I)c1O)C(C)(C)C(=O)O. The Kier molecular flexibility index (Phi) is 5.04. The third kappa shape index (κ3) is 3.30. The molecule has 1 rings (SSSR count). The van der Waals surface area contributed by atoms with E-state index in [1.807, 2.05) is 45.2 Å². The van der Waals surface area contributed by atoms with E-state index in [2.05, 4.69) is 0 Å². The number of amides is 1. The fourth-order valence-corrected chi connectivity index (χ4v) is 3.15. The Balaban J connectivity index is 3.25. The molecule has 104 valence electrons. The number of halogens is 2. The van der Waals surface area contributed by atoms with E-state index in [1.165, 1.54) is 27.0 Å². The van der Waals surface area contributed by atoms with Crippen LogP contribution in [0.2, 0.25) is 0 Å². The highest BCUT2D eigenvalue weighted by Crippen LogP contribution is 2.29. The van der Waals surface area contributed by atoms with E-state index in [4.69, 9.17) is 5.11 Å². The van der Waals surface area contributed by atoms with Crippen molar-refractivity contribution in [3.05, 3.63) is 24.8 Å². The highest BCUT2D eigenvalue weighted by Gasteiger charge is 2.36. The molecule has 0 aromatic heterocycles. The zero-order valence-corrected chi connectivity index (χ0v) is 14.9. The molecule has 0 bridgehead atoms. The number of carbonyl (C=O) groups is 2. The molecule has 2 N–H and O–H groups in total. The van der Waals surface area contributed by atoms with Gasteiger partial charge >= 0.3 is 5.97 Å². The Morgan fingerprint density at radius 1 is 1.26 bits per heavy atom. The molecule has 5 nitrogen and oxygen atoms in total. The standard InChI is InChI=1S/C12H13I2NO4/c1-12(2,11(18)19)15(3)10(17)7-4-6(13)5-8(14)9(7)16/h4-5,16H,1-3H3,(H,18,19). The van der Waals surface area contributed by atoms with Crippen LogP contribution in [0, 0.1) is 7.14 Å². The van der Waals surface area contributed by atoms with E-state index < -0.39 is 17.4 Å². The number of carboxylic acid groups (broad SMARTS) is 1. The molecule has 0 aliphatic carbocycles. The molecule has 1 amide bonds. The van der Waals surface area contributed by atoms with Gasteiger partial charge in [0, 0.05) is 10.6 Å². The second-order valence-corrected chi connectivity index (χ2v) is 6.92. The Morgan fingerprint density at radius 3 is 2.26 bits per heavy atom. The van der Waals surface area contributed by atoms with E-state index >= 15 is 0 Å². The summed E-state index contributed by atoms with van der Waals surface area (Å²) in [4.78, 5) is 24.6. The second kappa shape index (κ2) is 5.81. The van der Waals surface area contributed by atoms with Crippen molar-refractivity contribution >= 4 is 57.1 Å². The van der Waals surface area contributed by atoms with Gasteiger partial charge in [-0.3, -0.25) is 4.79 Å². The predicted molar refractivity (Wildman–Crippen MR) is 87.3 cm³/mol. The van der Waals surface area contributed by atoms with Crippen LogP contribution < -0.4 is 0 Å². The lowest BCUT2D eigenvalue weighted by atomic mass is 10.0. The Morgan fingerprint density at radius 2 is 1.79 bits per heavy atom. The van der Waals surface area contributed by atoms with Crippen molar-refractivity contribution in [3.8, 4) is 5.75 Å². The van der Waals surface area contributed by atoms with Gasteiger partial charge in [-0.25, -0.2) is 4.79 Å². The first-order chi connectivity index (χ1) is 8.59. The lowest BCUT2D eigenvalue weighted by Crippen LogP contribution is -2.50. The summed E-state index contributed by atoms with van der Waals surface area (Å²) in [6, 6.07) is 3.27. The number of likely N-dealkylation sites (N-methyl/N-ethyl adjacent to an activating group) is 1. The number of phenols is 1. The Hall–Kier alpha value is -0.580. The summed E-state index contributed by atoms with van der Waals surface area (Å²) in [5, 5.41) is 19.1. The van der Waals surface area contributed by atoms with Crippen molar-refractivity contribution in [1.29, 1.82) is 0 Å². The minimum atomic E-state index is -1.35. The molecule has 1 aromatic carbocycles. The van der Waals surface area contributed by atoms with Crippen LogP contribution in [0.4, 0.5) is 0 Å². The molecule has 0 atom stereocenters. The summed E-state index contributed by atoms with van der Waals surface area (Å²) in [5.74, 6) is -1.76. The van der Waals surface area contributed by atoms with Gasteiger partial charge in [-0.05, 0) is 71.2 Å². The van der Waals surface area contributed by atoms with Crippen molar-refractivity contribution in [2.45, 2.75) is 19.4 Å². The topological polar surface area (TPSA) is 77.8 Å². The van der Waals surface area contributed by atoms with Crippen LogP contribution in [0.1, 0.15) is 24.2 Å². The minimum Gasteiger partial charge on any atom is -0.506 e. The van der Waals surface area contributed by atoms with Gasteiger partial charge in [-0.1, -0.05) is 0 Å². The van der Waals surface area contributed by atoms with Gasteiger partial charge in [-0.2, -0.15) is 0 Å². The van der Waals surface area contributed by atoms with E-state index in [1.54, 1.807) is 6.07 Å². The maximum Gasteiger partial charge on any atom is 0.329 e. The predicted octanol–water partition coefficient (Wildman–Crippen LogP) is 2.54. The number of hydrogen-bond donors (Lipinski definition) is 2. The molecule has 0 aliphatic heterocycles. The fraction of sp³-hybridized carbons (Fsp3) is 0.333. The van der Waals surface area contributed by atoms with Gasteiger partial charge in [0.05, 0.1) is 9.13 Å². The van der Waals surface area contributed by atoms with E-state index in [-0.39, 0.29) is 11.3 Å². The van der Waals surface area contributed by atoms with Crippen LogP contribution in [0.3, 0.4) is 0 Å². The van der Waals surface area contributed by atoms with Gasteiger partial charge in [0.1, 0.15) is 11.3 Å². The summed E-state index contributed by atoms with van der Waals surface area (Å²) in [7, 11) is 1.41. The van der Waals surface area contributed by atoms with Crippen LogP contribution in [0.25, 0.3) is 0 Å². The summed E-state index contributed by atoms with van der Waals surface area (Å²) < 4.78 is 1.35. The number of aromatic hydroxyl groups is 1. The molecule has 0 radical (unpaired) electrons. The molecule has 19 heavy (non-hydrogen) atoms. The van der Waals surface area contributed by atoms with Crippen molar-refractivity contribution in [1.82, 2.24) is 4.90 Å². The van der Waals surface area contributed by atoms with Crippen LogP contribution in [-0.2, 0) is 4.79 Å². The maximum atomic E-state index is 12.3. The third-order valence-electron chi connectivity index (χ3n) is 2.93. The number of carbonyl (C=O) groups excluding carboxylic acids is 1. The maximum absolute atomic E-state index is 12.3. The van der Waals surface area contributed by atoms with Gasteiger partial charge < -0.3 is 15.1 Å². The number of hydrogen-bond acceptors (Lipinski definition) is 3. The van der Waals surface area contributed by atoms with Gasteiger partial charge in [-0.15, -0.1) is 0 Å². The molecule has 0 fully saturated rings. The number of nitrogens with zero attached hydrogens (tertiary/aromatic N) is 1. The lowest BCUT2D eigenvalue weighted by Gasteiger charge is -2.31. The Labute approximate surface area is 138 Å². The van der Waals surface area contributed by atoms with Crippen LogP contribution in [0.5, 0.6) is 5.75 Å². The normalized spacial score (nSPS) is 11.2. The van der Waals surface area contributed by atoms with Gasteiger partial charge in [0.15, 0.2) is 0 Å². The average Bonchev–Trinajstić information content (AvgIpc) is 2.31. The zero-order valence-electron chi connectivity index (χ0n) is 10.6. The van der Waals surface area contributed by atoms with Gasteiger partial charge in [0.25, 0.3) is 5.91 Å².